The molecular weight excluding hydrogens is 318 g/mol. The molecule has 3 aromatic rings. The third-order valence-corrected chi connectivity index (χ3v) is 4.31. The van der Waals surface area contributed by atoms with Crippen LogP contribution in [0.1, 0.15) is 27.3 Å². The number of nitrogens with zero attached hydrogens (tertiary/aromatic N) is 5. The molecule has 7 nitrogen and oxygen atoms in total. The summed E-state index contributed by atoms with van der Waals surface area (Å²) in [5, 5.41) is 8.62. The molecule has 1 aromatic carbocycles. The summed E-state index contributed by atoms with van der Waals surface area (Å²) in [5.41, 5.74) is 4.24. The molecule has 0 unspecified atom stereocenters. The van der Waals surface area contributed by atoms with Gasteiger partial charge >= 0.3 is 0 Å². The molecule has 1 aliphatic rings. The van der Waals surface area contributed by atoms with Crippen LogP contribution in [0.25, 0.3) is 0 Å². The predicted octanol–water partition coefficient (Wildman–Crippen LogP) is 2.20. The maximum Gasteiger partial charge on any atom is 0.259 e. The van der Waals surface area contributed by atoms with Gasteiger partial charge in [-0.05, 0) is 36.8 Å². The van der Waals surface area contributed by atoms with E-state index >= 15 is 0 Å². The molecule has 0 aliphatic carbocycles. The zero-order valence-corrected chi connectivity index (χ0v) is 14.4. The Hall–Kier alpha value is -3.09. The molecule has 0 bridgehead atoms. The monoisotopic (exact) mass is 337 g/mol. The second-order valence-corrected chi connectivity index (χ2v) is 6.25. The molecule has 0 fully saturated rings. The van der Waals surface area contributed by atoms with Crippen molar-refractivity contribution in [1.29, 1.82) is 0 Å². The summed E-state index contributed by atoms with van der Waals surface area (Å²) in [6, 6.07) is 7.52. The first kappa shape index (κ1) is 15.4. The highest BCUT2D eigenvalue weighted by atomic mass is 16.5. The maximum absolute atomic E-state index is 12.7. The van der Waals surface area contributed by atoms with Crippen LogP contribution in [0.3, 0.4) is 0 Å². The van der Waals surface area contributed by atoms with E-state index < -0.39 is 0 Å². The second kappa shape index (κ2) is 5.77. The van der Waals surface area contributed by atoms with Gasteiger partial charge in [0, 0.05) is 32.1 Å². The van der Waals surface area contributed by atoms with Crippen LogP contribution in [0.4, 0.5) is 5.69 Å². The molecule has 2 aromatic heterocycles. The smallest absolute Gasteiger partial charge is 0.259 e. The number of anilines is 1. The molecule has 128 valence electrons. The van der Waals surface area contributed by atoms with Crippen molar-refractivity contribution in [3.05, 3.63) is 59.2 Å². The third-order valence-electron chi connectivity index (χ3n) is 4.31. The molecule has 4 rings (SSSR count). The first-order valence-corrected chi connectivity index (χ1v) is 8.07. The number of carbonyl (C=O) groups is 1. The van der Waals surface area contributed by atoms with Crippen LogP contribution in [0.5, 0.6) is 5.75 Å². The van der Waals surface area contributed by atoms with E-state index in [1.807, 2.05) is 57.7 Å². The van der Waals surface area contributed by atoms with Gasteiger partial charge in [-0.3, -0.25) is 14.2 Å². The third kappa shape index (κ3) is 2.77. The summed E-state index contributed by atoms with van der Waals surface area (Å²) in [7, 11) is 3.73. The van der Waals surface area contributed by atoms with Crippen molar-refractivity contribution >= 4 is 11.6 Å². The molecule has 25 heavy (non-hydrogen) atoms. The Kier molecular flexibility index (Phi) is 3.56. The summed E-state index contributed by atoms with van der Waals surface area (Å²) >= 11 is 0. The molecule has 1 aliphatic heterocycles. The summed E-state index contributed by atoms with van der Waals surface area (Å²) in [5.74, 6) is 0.740. The van der Waals surface area contributed by atoms with Gasteiger partial charge < -0.3 is 9.64 Å². The van der Waals surface area contributed by atoms with Gasteiger partial charge in [-0.1, -0.05) is 0 Å². The standard InChI is InChI=1S/C18H19N5O2/c1-12-17(10-22(3)19-12)23-9-13-8-15(4-5-16(13)18(23)24)25-11-14-6-7-21(2)20-14/h4-8,10H,9,11H2,1-3H3. The second-order valence-electron chi connectivity index (χ2n) is 6.25. The lowest BCUT2D eigenvalue weighted by Crippen LogP contribution is -2.23. The number of hydrogen-bond acceptors (Lipinski definition) is 4. The van der Waals surface area contributed by atoms with Gasteiger partial charge in [0.2, 0.25) is 0 Å². The number of amides is 1. The van der Waals surface area contributed by atoms with E-state index in [-0.39, 0.29) is 5.91 Å². The predicted molar refractivity (Wildman–Crippen MR) is 92.4 cm³/mol. The van der Waals surface area contributed by atoms with E-state index in [9.17, 15) is 4.79 Å². The van der Waals surface area contributed by atoms with Gasteiger partial charge in [-0.2, -0.15) is 10.2 Å². The minimum Gasteiger partial charge on any atom is -0.487 e. The molecule has 0 radical (unpaired) electrons. The highest BCUT2D eigenvalue weighted by Crippen LogP contribution is 2.32. The summed E-state index contributed by atoms with van der Waals surface area (Å²) in [6.07, 6.45) is 3.76. The zero-order valence-electron chi connectivity index (χ0n) is 14.4. The molecule has 0 spiro atoms. The normalized spacial score (nSPS) is 13.4. The van der Waals surface area contributed by atoms with Crippen molar-refractivity contribution in [3.63, 3.8) is 0 Å². The van der Waals surface area contributed by atoms with Gasteiger partial charge in [0.05, 0.1) is 23.6 Å². The van der Waals surface area contributed by atoms with E-state index in [1.165, 1.54) is 0 Å². The van der Waals surface area contributed by atoms with Crippen molar-refractivity contribution in [3.8, 4) is 5.75 Å². The SMILES string of the molecule is Cc1nn(C)cc1N1Cc2cc(OCc3ccn(C)n3)ccc2C1=O. The van der Waals surface area contributed by atoms with Crippen LogP contribution in [0, 0.1) is 6.92 Å². The number of carbonyl (C=O) groups excluding carboxylic acids is 1. The average Bonchev–Trinajstić information content (AvgIpc) is 3.23. The number of aromatic nitrogens is 4. The highest BCUT2D eigenvalue weighted by molar-refractivity contribution is 6.10. The fourth-order valence-electron chi connectivity index (χ4n) is 3.13. The Bertz CT molecular complexity index is 956. The first-order valence-electron chi connectivity index (χ1n) is 8.07. The van der Waals surface area contributed by atoms with Crippen LogP contribution in [-0.2, 0) is 27.2 Å². The van der Waals surface area contributed by atoms with Gasteiger partial charge in [0.25, 0.3) is 5.91 Å². The van der Waals surface area contributed by atoms with Gasteiger partial charge in [0.1, 0.15) is 12.4 Å². The Morgan fingerprint density at radius 2 is 2.00 bits per heavy atom. The lowest BCUT2D eigenvalue weighted by molar-refractivity contribution is 0.0996. The van der Waals surface area contributed by atoms with Crippen molar-refractivity contribution in [1.82, 2.24) is 19.6 Å². The van der Waals surface area contributed by atoms with Gasteiger partial charge in [-0.15, -0.1) is 0 Å². The van der Waals surface area contributed by atoms with Crippen LogP contribution >= 0.6 is 0 Å². The molecule has 0 atom stereocenters. The fourth-order valence-corrected chi connectivity index (χ4v) is 3.13. The Labute approximate surface area is 145 Å². The van der Waals surface area contributed by atoms with Crippen molar-refractivity contribution < 1.29 is 9.53 Å². The average molecular weight is 337 g/mol. The van der Waals surface area contributed by atoms with E-state index in [0.29, 0.717) is 18.7 Å². The molecular formula is C18H19N5O2. The zero-order chi connectivity index (χ0) is 17.6. The number of hydrogen-bond donors (Lipinski definition) is 0. The number of fused-ring (bicyclic) bond motifs is 1. The summed E-state index contributed by atoms with van der Waals surface area (Å²) in [6.45, 7) is 2.84. The van der Waals surface area contributed by atoms with Crippen LogP contribution in [-0.4, -0.2) is 25.5 Å². The summed E-state index contributed by atoms with van der Waals surface area (Å²) in [4.78, 5) is 14.4. The van der Waals surface area contributed by atoms with Crippen molar-refractivity contribution in [2.45, 2.75) is 20.1 Å². The quantitative estimate of drug-likeness (QED) is 0.732. The summed E-state index contributed by atoms with van der Waals surface area (Å²) < 4.78 is 9.28. The molecule has 0 N–H and O–H groups in total. The number of benzene rings is 1. The number of aryl methyl sites for hydroxylation is 3. The first-order chi connectivity index (χ1) is 12.0. The molecule has 0 saturated carbocycles. The van der Waals surface area contributed by atoms with Crippen LogP contribution in [0.15, 0.2) is 36.7 Å². The minimum absolute atomic E-state index is 0.00220. The van der Waals surface area contributed by atoms with Gasteiger partial charge in [-0.25, -0.2) is 0 Å². The van der Waals surface area contributed by atoms with Crippen molar-refractivity contribution in [2.24, 2.45) is 14.1 Å². The van der Waals surface area contributed by atoms with E-state index in [2.05, 4.69) is 10.2 Å². The Balaban J connectivity index is 1.54. The van der Waals surface area contributed by atoms with Crippen LogP contribution < -0.4 is 9.64 Å². The molecule has 7 heteroatoms. The lowest BCUT2D eigenvalue weighted by Gasteiger charge is -2.13. The Morgan fingerprint density at radius 3 is 2.68 bits per heavy atom. The van der Waals surface area contributed by atoms with Crippen molar-refractivity contribution in [2.75, 3.05) is 4.90 Å². The number of ether oxygens (including phenoxy) is 1. The fraction of sp³-hybridized carbons (Fsp3) is 0.278. The van der Waals surface area contributed by atoms with E-state index in [4.69, 9.17) is 4.74 Å². The topological polar surface area (TPSA) is 65.2 Å². The van der Waals surface area contributed by atoms with Gasteiger partial charge in [0.15, 0.2) is 0 Å². The van der Waals surface area contributed by atoms with E-state index in [1.54, 1.807) is 14.3 Å². The molecule has 0 saturated heterocycles. The maximum atomic E-state index is 12.7. The van der Waals surface area contributed by atoms with E-state index in [0.717, 1.165) is 28.4 Å². The minimum atomic E-state index is 0.00220. The van der Waals surface area contributed by atoms with Crippen LogP contribution in [0.2, 0.25) is 0 Å². The molecule has 1 amide bonds. The largest absolute Gasteiger partial charge is 0.487 e. The highest BCUT2D eigenvalue weighted by Gasteiger charge is 2.30. The lowest BCUT2D eigenvalue weighted by atomic mass is 10.1. The number of rotatable bonds is 4. The Morgan fingerprint density at radius 1 is 1.16 bits per heavy atom. The molecule has 3 heterocycles.